The molecule has 1 aromatic heterocycles. The molecule has 3 rings (SSSR count). The number of carbonyl (C=O) groups excluding carboxylic acids is 3. The maximum Gasteiger partial charge on any atom is 0.338 e. The second-order valence-corrected chi connectivity index (χ2v) is 8.16. The molecule has 0 atom stereocenters. The zero-order valence-electron chi connectivity index (χ0n) is 17.8. The van der Waals surface area contributed by atoms with E-state index in [-0.39, 0.29) is 23.7 Å². The summed E-state index contributed by atoms with van der Waals surface area (Å²) in [4.78, 5) is 38.0. The van der Waals surface area contributed by atoms with E-state index >= 15 is 0 Å². The Hall–Kier alpha value is -3.24. The molecular formula is C24H24N2O4S. The van der Waals surface area contributed by atoms with E-state index in [1.807, 2.05) is 43.5 Å². The molecule has 0 radical (unpaired) electrons. The Bertz CT molecular complexity index is 1090. The first-order valence-electron chi connectivity index (χ1n) is 10.0. The molecule has 31 heavy (non-hydrogen) atoms. The number of rotatable bonds is 7. The van der Waals surface area contributed by atoms with Gasteiger partial charge in [-0.15, -0.1) is 6.42 Å². The van der Waals surface area contributed by atoms with Gasteiger partial charge in [-0.25, -0.2) is 4.79 Å². The smallest absolute Gasteiger partial charge is 0.338 e. The van der Waals surface area contributed by atoms with Crippen LogP contribution in [0.2, 0.25) is 0 Å². The van der Waals surface area contributed by atoms with Gasteiger partial charge in [0, 0.05) is 17.1 Å². The SMILES string of the molecule is C#CCN1C(=O)S/C(=C\c2cc(C)n(-c3ccc(C(=O)OCCCC)cc3)c2C)C1=O. The molecule has 1 aromatic carbocycles. The van der Waals surface area contributed by atoms with Crippen molar-refractivity contribution in [2.24, 2.45) is 0 Å². The van der Waals surface area contributed by atoms with Crippen LogP contribution in [-0.2, 0) is 9.53 Å². The van der Waals surface area contributed by atoms with Gasteiger partial charge in [-0.2, -0.15) is 0 Å². The van der Waals surface area contributed by atoms with Crippen molar-refractivity contribution < 1.29 is 19.1 Å². The van der Waals surface area contributed by atoms with Crippen molar-refractivity contribution in [3.8, 4) is 18.0 Å². The molecule has 0 unspecified atom stereocenters. The molecule has 2 amide bonds. The van der Waals surface area contributed by atoms with Gasteiger partial charge in [-0.05, 0) is 74.0 Å². The fourth-order valence-corrected chi connectivity index (χ4v) is 4.17. The number of thioether (sulfide) groups is 1. The molecule has 0 saturated carbocycles. The molecule has 2 aromatic rings. The molecule has 0 bridgehead atoms. The van der Waals surface area contributed by atoms with Crippen LogP contribution >= 0.6 is 11.8 Å². The van der Waals surface area contributed by atoms with Crippen molar-refractivity contribution in [1.82, 2.24) is 9.47 Å². The molecule has 7 heteroatoms. The van der Waals surface area contributed by atoms with Crippen molar-refractivity contribution in [1.29, 1.82) is 0 Å². The van der Waals surface area contributed by atoms with Crippen LogP contribution in [0.3, 0.4) is 0 Å². The van der Waals surface area contributed by atoms with E-state index < -0.39 is 0 Å². The van der Waals surface area contributed by atoms with Crippen LogP contribution in [0, 0.1) is 26.2 Å². The van der Waals surface area contributed by atoms with Crippen molar-refractivity contribution in [2.45, 2.75) is 33.6 Å². The third-order valence-corrected chi connectivity index (χ3v) is 5.88. The Balaban J connectivity index is 1.84. The molecule has 2 heterocycles. The average molecular weight is 437 g/mol. The normalized spacial score (nSPS) is 14.9. The van der Waals surface area contributed by atoms with E-state index in [1.165, 1.54) is 0 Å². The van der Waals surface area contributed by atoms with Gasteiger partial charge in [-0.1, -0.05) is 19.3 Å². The van der Waals surface area contributed by atoms with Crippen molar-refractivity contribution in [3.63, 3.8) is 0 Å². The van der Waals surface area contributed by atoms with Crippen LogP contribution in [0.5, 0.6) is 0 Å². The number of esters is 1. The summed E-state index contributed by atoms with van der Waals surface area (Å²) in [5.41, 5.74) is 4.11. The lowest BCUT2D eigenvalue weighted by Crippen LogP contribution is -2.28. The summed E-state index contributed by atoms with van der Waals surface area (Å²) >= 11 is 0.892. The second-order valence-electron chi connectivity index (χ2n) is 7.17. The van der Waals surface area contributed by atoms with E-state index in [0.29, 0.717) is 17.1 Å². The summed E-state index contributed by atoms with van der Waals surface area (Å²) in [5.74, 6) is 1.63. The number of terminal acetylenes is 1. The number of benzene rings is 1. The highest BCUT2D eigenvalue weighted by atomic mass is 32.2. The molecule has 1 aliphatic rings. The highest BCUT2D eigenvalue weighted by Gasteiger charge is 2.34. The number of unbranched alkanes of at least 4 members (excludes halogenated alkanes) is 1. The van der Waals surface area contributed by atoms with Gasteiger partial charge in [0.2, 0.25) is 0 Å². The number of carbonyl (C=O) groups is 3. The predicted molar refractivity (Wildman–Crippen MR) is 122 cm³/mol. The lowest BCUT2D eigenvalue weighted by atomic mass is 10.2. The van der Waals surface area contributed by atoms with Gasteiger partial charge in [0.25, 0.3) is 11.1 Å². The Labute approximate surface area is 186 Å². The summed E-state index contributed by atoms with van der Waals surface area (Å²) in [7, 11) is 0. The Morgan fingerprint density at radius 2 is 1.94 bits per heavy atom. The minimum Gasteiger partial charge on any atom is -0.462 e. The molecular weight excluding hydrogens is 412 g/mol. The Kier molecular flexibility index (Phi) is 7.03. The molecule has 1 fully saturated rings. The quantitative estimate of drug-likeness (QED) is 0.272. The highest BCUT2D eigenvalue weighted by Crippen LogP contribution is 2.33. The van der Waals surface area contributed by atoms with Gasteiger partial charge < -0.3 is 9.30 Å². The first kappa shape index (κ1) is 22.4. The molecule has 6 nitrogen and oxygen atoms in total. The molecule has 0 N–H and O–H groups in total. The standard InChI is InChI=1S/C24H24N2O4S/c1-5-7-13-30-23(28)18-8-10-20(11-9-18)26-16(3)14-19(17(26)4)15-21-22(27)25(12-6-2)24(29)31-21/h2,8-11,14-15H,5,7,12-13H2,1,3-4H3/b21-15-. The van der Waals surface area contributed by atoms with Gasteiger partial charge in [0.1, 0.15) is 0 Å². The maximum absolute atomic E-state index is 12.4. The van der Waals surface area contributed by atoms with E-state index in [4.69, 9.17) is 11.2 Å². The van der Waals surface area contributed by atoms with Gasteiger partial charge in [-0.3, -0.25) is 14.5 Å². The fraction of sp³-hybridized carbons (Fsp3) is 0.292. The number of aryl methyl sites for hydroxylation is 1. The van der Waals surface area contributed by atoms with Crippen LogP contribution in [0.25, 0.3) is 11.8 Å². The number of nitrogens with zero attached hydrogens (tertiary/aromatic N) is 2. The third kappa shape index (κ3) is 4.75. The van der Waals surface area contributed by atoms with Crippen LogP contribution in [-0.4, -0.2) is 39.7 Å². The average Bonchev–Trinajstić information content (AvgIpc) is 3.18. The zero-order valence-corrected chi connectivity index (χ0v) is 18.6. The van der Waals surface area contributed by atoms with Crippen LogP contribution in [0.1, 0.15) is 47.1 Å². The molecule has 1 aliphatic heterocycles. The zero-order chi connectivity index (χ0) is 22.5. The third-order valence-electron chi connectivity index (χ3n) is 4.97. The highest BCUT2D eigenvalue weighted by molar-refractivity contribution is 8.18. The number of hydrogen-bond acceptors (Lipinski definition) is 5. The number of ether oxygens (including phenoxy) is 1. The summed E-state index contributed by atoms with van der Waals surface area (Å²) < 4.78 is 7.28. The van der Waals surface area contributed by atoms with Crippen molar-refractivity contribution in [3.05, 3.63) is 57.8 Å². The van der Waals surface area contributed by atoms with Crippen molar-refractivity contribution in [2.75, 3.05) is 13.2 Å². The predicted octanol–water partition coefficient (Wildman–Crippen LogP) is 4.72. The lowest BCUT2D eigenvalue weighted by Gasteiger charge is -2.11. The molecule has 1 saturated heterocycles. The lowest BCUT2D eigenvalue weighted by molar-refractivity contribution is -0.122. The van der Waals surface area contributed by atoms with E-state index in [0.717, 1.165) is 52.1 Å². The summed E-state index contributed by atoms with van der Waals surface area (Å²) in [5, 5.41) is -0.357. The van der Waals surface area contributed by atoms with Gasteiger partial charge in [0.05, 0.1) is 23.6 Å². The summed E-state index contributed by atoms with van der Waals surface area (Å²) in [6, 6.07) is 9.17. The number of aromatic nitrogens is 1. The van der Waals surface area contributed by atoms with Crippen LogP contribution in [0.4, 0.5) is 4.79 Å². The second kappa shape index (κ2) is 9.71. The minimum absolute atomic E-state index is 0.0335. The molecule has 160 valence electrons. The number of imide groups is 1. The van der Waals surface area contributed by atoms with Gasteiger partial charge >= 0.3 is 5.97 Å². The fourth-order valence-electron chi connectivity index (χ4n) is 3.34. The number of hydrogen-bond donors (Lipinski definition) is 0. The van der Waals surface area contributed by atoms with Crippen LogP contribution in [0.15, 0.2) is 35.2 Å². The van der Waals surface area contributed by atoms with Crippen molar-refractivity contribution >= 4 is 35.0 Å². The molecule has 0 aliphatic carbocycles. The van der Waals surface area contributed by atoms with Gasteiger partial charge in [0.15, 0.2) is 0 Å². The maximum atomic E-state index is 12.4. The first-order chi connectivity index (χ1) is 14.9. The number of amides is 2. The summed E-state index contributed by atoms with van der Waals surface area (Å²) in [6.07, 6.45) is 8.78. The largest absolute Gasteiger partial charge is 0.462 e. The first-order valence-corrected chi connectivity index (χ1v) is 10.8. The summed E-state index contributed by atoms with van der Waals surface area (Å²) in [6.45, 7) is 6.33. The van der Waals surface area contributed by atoms with Crippen LogP contribution < -0.4 is 0 Å². The van der Waals surface area contributed by atoms with E-state index in [9.17, 15) is 14.4 Å². The Morgan fingerprint density at radius 1 is 1.23 bits per heavy atom. The van der Waals surface area contributed by atoms with E-state index in [2.05, 4.69) is 5.92 Å². The molecule has 0 spiro atoms. The minimum atomic E-state index is -0.372. The topological polar surface area (TPSA) is 68.6 Å². The van der Waals surface area contributed by atoms with E-state index in [1.54, 1.807) is 18.2 Å². The monoisotopic (exact) mass is 436 g/mol. The Morgan fingerprint density at radius 3 is 2.58 bits per heavy atom.